The second-order valence-corrected chi connectivity index (χ2v) is 7.68. The van der Waals surface area contributed by atoms with Crippen LogP contribution in [0.2, 0.25) is 0 Å². The molecular weight excluding hydrogens is 383 g/mol. The first-order valence-electron chi connectivity index (χ1n) is 10.3. The number of rotatable bonds is 7. The fraction of sp³-hybridized carbons (Fsp3) is 0.348. The van der Waals surface area contributed by atoms with Gasteiger partial charge in [-0.25, -0.2) is 4.39 Å². The zero-order valence-electron chi connectivity index (χ0n) is 17.0. The van der Waals surface area contributed by atoms with Crippen molar-refractivity contribution in [2.45, 2.75) is 45.3 Å². The van der Waals surface area contributed by atoms with Gasteiger partial charge in [0.1, 0.15) is 11.9 Å². The molecule has 1 aliphatic heterocycles. The molecule has 4 rings (SSSR count). The van der Waals surface area contributed by atoms with Crippen LogP contribution in [0.4, 0.5) is 4.39 Å². The summed E-state index contributed by atoms with van der Waals surface area (Å²) in [5.41, 5.74) is 2.76. The molecule has 1 N–H and O–H groups in total. The Morgan fingerprint density at radius 2 is 2.07 bits per heavy atom. The Kier molecular flexibility index (Phi) is 5.79. The Balaban J connectivity index is 1.31. The van der Waals surface area contributed by atoms with Crippen molar-refractivity contribution in [3.05, 3.63) is 65.6 Å². The first kappa shape index (κ1) is 20.1. The lowest BCUT2D eigenvalue weighted by molar-refractivity contribution is -0.135. The minimum atomic E-state index is -0.505. The van der Waals surface area contributed by atoms with E-state index in [9.17, 15) is 14.0 Å². The summed E-state index contributed by atoms with van der Waals surface area (Å²) in [6.45, 7) is 3.50. The second kappa shape index (κ2) is 8.65. The number of hydrogen-bond donors (Lipinski definition) is 1. The average Bonchev–Trinajstić information content (AvgIpc) is 3.25. The lowest BCUT2D eigenvalue weighted by Gasteiger charge is -2.24. The van der Waals surface area contributed by atoms with E-state index in [-0.39, 0.29) is 24.2 Å². The summed E-state index contributed by atoms with van der Waals surface area (Å²) >= 11 is 0. The van der Waals surface area contributed by atoms with Crippen molar-refractivity contribution in [3.63, 3.8) is 0 Å². The molecule has 0 radical (unpaired) electrons. The predicted octanol–water partition coefficient (Wildman–Crippen LogP) is 3.18. The molecular formula is C23H25FN4O2. The van der Waals surface area contributed by atoms with Crippen LogP contribution >= 0.6 is 0 Å². The maximum Gasteiger partial charge on any atom is 0.242 e. The maximum absolute atomic E-state index is 13.4. The van der Waals surface area contributed by atoms with Gasteiger partial charge in [-0.15, -0.1) is 0 Å². The van der Waals surface area contributed by atoms with E-state index in [0.29, 0.717) is 31.5 Å². The molecule has 1 saturated heterocycles. The van der Waals surface area contributed by atoms with E-state index in [1.165, 1.54) is 12.1 Å². The second-order valence-electron chi connectivity index (χ2n) is 7.68. The predicted molar refractivity (Wildman–Crippen MR) is 112 cm³/mol. The van der Waals surface area contributed by atoms with Crippen molar-refractivity contribution in [1.29, 1.82) is 0 Å². The van der Waals surface area contributed by atoms with Crippen LogP contribution in [0.25, 0.3) is 10.9 Å². The van der Waals surface area contributed by atoms with Crippen LogP contribution in [0.3, 0.4) is 0 Å². The number of aryl methyl sites for hydroxylation is 2. The van der Waals surface area contributed by atoms with Crippen molar-refractivity contribution in [3.8, 4) is 0 Å². The van der Waals surface area contributed by atoms with Crippen molar-refractivity contribution in [2.24, 2.45) is 0 Å². The van der Waals surface area contributed by atoms with Crippen molar-refractivity contribution in [1.82, 2.24) is 20.0 Å². The molecule has 156 valence electrons. The van der Waals surface area contributed by atoms with Gasteiger partial charge in [0.05, 0.1) is 5.52 Å². The SMILES string of the molecule is Cc1c2ccccc2nn1CCCNC(=O)C1CCC(=O)N1Cc1cccc(F)c1. The highest BCUT2D eigenvalue weighted by Crippen LogP contribution is 2.22. The first-order chi connectivity index (χ1) is 14.5. The first-order valence-corrected chi connectivity index (χ1v) is 10.3. The fourth-order valence-corrected chi connectivity index (χ4v) is 4.02. The Bertz CT molecular complexity index is 1080. The standard InChI is InChI=1S/C23H25FN4O2/c1-16-19-8-2-3-9-20(19)26-28(16)13-5-12-25-23(30)21-10-11-22(29)27(21)15-17-6-4-7-18(24)14-17/h2-4,6-9,14,21H,5,10-13,15H2,1H3,(H,25,30). The molecule has 2 heterocycles. The molecule has 2 aromatic carbocycles. The normalized spacial score (nSPS) is 16.4. The van der Waals surface area contributed by atoms with E-state index >= 15 is 0 Å². The third-order valence-corrected chi connectivity index (χ3v) is 5.63. The third kappa shape index (κ3) is 4.20. The maximum atomic E-state index is 13.4. The minimum absolute atomic E-state index is 0.0710. The van der Waals surface area contributed by atoms with Crippen molar-refractivity contribution in [2.75, 3.05) is 6.54 Å². The molecule has 1 unspecified atom stereocenters. The number of halogens is 1. The largest absolute Gasteiger partial charge is 0.354 e. The van der Waals surface area contributed by atoms with Gasteiger partial charge in [-0.05, 0) is 43.5 Å². The van der Waals surface area contributed by atoms with Gasteiger partial charge in [0.25, 0.3) is 0 Å². The average molecular weight is 408 g/mol. The highest BCUT2D eigenvalue weighted by atomic mass is 19.1. The Hall–Kier alpha value is -3.22. The van der Waals surface area contributed by atoms with Gasteiger partial charge in [0, 0.05) is 37.1 Å². The number of amides is 2. The number of nitrogens with zero attached hydrogens (tertiary/aromatic N) is 3. The molecule has 6 nitrogen and oxygen atoms in total. The molecule has 0 saturated carbocycles. The molecule has 1 aromatic heterocycles. The molecule has 3 aromatic rings. The molecule has 0 bridgehead atoms. The van der Waals surface area contributed by atoms with Gasteiger partial charge in [-0.1, -0.05) is 30.3 Å². The Labute approximate surface area is 174 Å². The number of carbonyl (C=O) groups excluding carboxylic acids is 2. The molecule has 1 atom stereocenters. The minimum Gasteiger partial charge on any atom is -0.354 e. The zero-order chi connectivity index (χ0) is 21.1. The lowest BCUT2D eigenvalue weighted by Crippen LogP contribution is -2.44. The molecule has 0 aliphatic carbocycles. The van der Waals surface area contributed by atoms with E-state index in [1.807, 2.05) is 29.8 Å². The van der Waals surface area contributed by atoms with Gasteiger partial charge >= 0.3 is 0 Å². The van der Waals surface area contributed by atoms with E-state index in [4.69, 9.17) is 0 Å². The van der Waals surface area contributed by atoms with Gasteiger partial charge in [-0.3, -0.25) is 14.3 Å². The van der Waals surface area contributed by atoms with E-state index < -0.39 is 6.04 Å². The Morgan fingerprint density at radius 1 is 1.23 bits per heavy atom. The van der Waals surface area contributed by atoms with Gasteiger partial charge in [0.15, 0.2) is 0 Å². The number of hydrogen-bond acceptors (Lipinski definition) is 3. The number of benzene rings is 2. The Morgan fingerprint density at radius 3 is 2.87 bits per heavy atom. The van der Waals surface area contributed by atoms with E-state index in [2.05, 4.69) is 16.5 Å². The van der Waals surface area contributed by atoms with Crippen LogP contribution in [0.15, 0.2) is 48.5 Å². The molecule has 1 aliphatic rings. The monoisotopic (exact) mass is 408 g/mol. The molecule has 30 heavy (non-hydrogen) atoms. The van der Waals surface area contributed by atoms with Gasteiger partial charge in [-0.2, -0.15) is 5.10 Å². The van der Waals surface area contributed by atoms with Gasteiger partial charge < -0.3 is 10.2 Å². The zero-order valence-corrected chi connectivity index (χ0v) is 17.0. The van der Waals surface area contributed by atoms with Crippen LogP contribution in [-0.4, -0.2) is 39.1 Å². The summed E-state index contributed by atoms with van der Waals surface area (Å²) in [6, 6.07) is 13.7. The molecule has 2 amide bonds. The fourth-order valence-electron chi connectivity index (χ4n) is 4.02. The van der Waals surface area contributed by atoms with Gasteiger partial charge in [0.2, 0.25) is 11.8 Å². The summed E-state index contributed by atoms with van der Waals surface area (Å²) < 4.78 is 15.4. The quantitative estimate of drug-likeness (QED) is 0.611. The third-order valence-electron chi connectivity index (χ3n) is 5.63. The van der Waals surface area contributed by atoms with E-state index in [1.54, 1.807) is 17.0 Å². The number of fused-ring (bicyclic) bond motifs is 1. The number of carbonyl (C=O) groups is 2. The number of nitrogens with one attached hydrogen (secondary N) is 1. The number of likely N-dealkylation sites (tertiary alicyclic amines) is 1. The summed E-state index contributed by atoms with van der Waals surface area (Å²) in [7, 11) is 0. The van der Waals surface area contributed by atoms with Crippen LogP contribution < -0.4 is 5.32 Å². The topological polar surface area (TPSA) is 67.2 Å². The van der Waals surface area contributed by atoms with Crippen molar-refractivity contribution < 1.29 is 14.0 Å². The summed E-state index contributed by atoms with van der Waals surface area (Å²) in [6.07, 6.45) is 1.57. The summed E-state index contributed by atoms with van der Waals surface area (Å²) in [5, 5.41) is 8.69. The molecule has 1 fully saturated rings. The summed E-state index contributed by atoms with van der Waals surface area (Å²) in [5.74, 6) is -0.570. The highest BCUT2D eigenvalue weighted by Gasteiger charge is 2.35. The van der Waals surface area contributed by atoms with Crippen LogP contribution in [0.1, 0.15) is 30.5 Å². The molecule has 0 spiro atoms. The van der Waals surface area contributed by atoms with Crippen molar-refractivity contribution >= 4 is 22.7 Å². The smallest absolute Gasteiger partial charge is 0.242 e. The lowest BCUT2D eigenvalue weighted by atomic mass is 10.1. The number of aromatic nitrogens is 2. The summed E-state index contributed by atoms with van der Waals surface area (Å²) in [4.78, 5) is 26.5. The highest BCUT2D eigenvalue weighted by molar-refractivity contribution is 5.90. The van der Waals surface area contributed by atoms with Crippen LogP contribution in [-0.2, 0) is 22.7 Å². The van der Waals surface area contributed by atoms with Crippen LogP contribution in [0.5, 0.6) is 0 Å². The molecule has 7 heteroatoms. The van der Waals surface area contributed by atoms with E-state index in [0.717, 1.165) is 23.0 Å². The van der Waals surface area contributed by atoms with Crippen LogP contribution in [0, 0.1) is 12.7 Å².